The molecular formula is C26H31FN4O. The number of piperidine rings is 1. The molecule has 1 N–H and O–H groups in total. The molecule has 1 amide bonds. The lowest BCUT2D eigenvalue weighted by Crippen LogP contribution is -2.43. The Morgan fingerprint density at radius 2 is 1.66 bits per heavy atom. The number of imidazole rings is 1. The highest BCUT2D eigenvalue weighted by atomic mass is 19.1. The first-order valence-corrected chi connectivity index (χ1v) is 11.8. The first kappa shape index (κ1) is 21.0. The summed E-state index contributed by atoms with van der Waals surface area (Å²) in [5.74, 6) is 0.905. The highest BCUT2D eigenvalue weighted by Crippen LogP contribution is 2.32. The average Bonchev–Trinajstić information content (AvgIpc) is 3.43. The minimum absolute atomic E-state index is 0.0694. The minimum Gasteiger partial charge on any atom is -0.353 e. The van der Waals surface area contributed by atoms with E-state index in [4.69, 9.17) is 4.98 Å². The van der Waals surface area contributed by atoms with Gasteiger partial charge in [0.15, 0.2) is 0 Å². The first-order chi connectivity index (χ1) is 15.5. The third-order valence-electron chi connectivity index (χ3n) is 7.19. The molecule has 2 heterocycles. The van der Waals surface area contributed by atoms with E-state index >= 15 is 0 Å². The molecule has 1 aliphatic heterocycles. The largest absolute Gasteiger partial charge is 0.353 e. The fraction of sp³-hybridized carbons (Fsp3) is 0.462. The molecule has 1 saturated heterocycles. The maximum atomic E-state index is 13.6. The number of fused-ring (bicyclic) bond motifs is 1. The smallest absolute Gasteiger partial charge is 0.223 e. The second kappa shape index (κ2) is 8.57. The quantitative estimate of drug-likeness (QED) is 0.625. The Labute approximate surface area is 188 Å². The van der Waals surface area contributed by atoms with Crippen LogP contribution >= 0.6 is 0 Å². The van der Waals surface area contributed by atoms with Crippen LogP contribution in [-0.4, -0.2) is 34.6 Å². The maximum absolute atomic E-state index is 13.6. The fourth-order valence-corrected chi connectivity index (χ4v) is 5.11. The molecule has 0 unspecified atom stereocenters. The summed E-state index contributed by atoms with van der Waals surface area (Å²) in [6.45, 7) is 5.77. The highest BCUT2D eigenvalue weighted by molar-refractivity contribution is 5.83. The molecule has 6 heteroatoms. The van der Waals surface area contributed by atoms with Gasteiger partial charge in [-0.2, -0.15) is 0 Å². The van der Waals surface area contributed by atoms with Gasteiger partial charge in [-0.3, -0.25) is 9.36 Å². The van der Waals surface area contributed by atoms with Crippen LogP contribution in [0, 0.1) is 25.6 Å². The van der Waals surface area contributed by atoms with Crippen molar-refractivity contribution in [3.8, 4) is 5.69 Å². The Hall–Kier alpha value is -2.89. The molecule has 5 nitrogen and oxygen atoms in total. The van der Waals surface area contributed by atoms with Crippen LogP contribution in [0.3, 0.4) is 0 Å². The molecular weight excluding hydrogens is 403 g/mol. The molecule has 1 aliphatic carbocycles. The summed E-state index contributed by atoms with van der Waals surface area (Å²) in [6, 6.07) is 11.2. The van der Waals surface area contributed by atoms with E-state index < -0.39 is 0 Å². The summed E-state index contributed by atoms with van der Waals surface area (Å²) in [4.78, 5) is 20.0. The number of anilines is 1. The predicted molar refractivity (Wildman–Crippen MR) is 126 cm³/mol. The summed E-state index contributed by atoms with van der Waals surface area (Å²) in [5, 5.41) is 3.27. The van der Waals surface area contributed by atoms with Crippen molar-refractivity contribution in [2.24, 2.45) is 5.92 Å². The molecule has 168 valence electrons. The van der Waals surface area contributed by atoms with Gasteiger partial charge in [-0.25, -0.2) is 9.37 Å². The zero-order valence-corrected chi connectivity index (χ0v) is 18.9. The fourth-order valence-electron chi connectivity index (χ4n) is 5.11. The Balaban J connectivity index is 1.42. The topological polar surface area (TPSA) is 50.2 Å². The molecule has 32 heavy (non-hydrogen) atoms. The van der Waals surface area contributed by atoms with Crippen molar-refractivity contribution in [1.82, 2.24) is 14.9 Å². The van der Waals surface area contributed by atoms with Crippen LogP contribution in [0.5, 0.6) is 0 Å². The van der Waals surface area contributed by atoms with E-state index in [0.29, 0.717) is 6.04 Å². The van der Waals surface area contributed by atoms with E-state index in [0.717, 1.165) is 61.4 Å². The number of hydrogen-bond donors (Lipinski definition) is 1. The number of aryl methyl sites for hydroxylation is 2. The standard InChI is InChI=1S/C26H31FN4O/c1-17-15-23-24(16-18(17)2)31(22-9-7-20(27)8-10-22)26(29-23)30-13-11-19(12-14-30)25(32)28-21-5-3-4-6-21/h7-10,15-16,19,21H,3-6,11-14H2,1-2H3,(H,28,32). The van der Waals surface area contributed by atoms with Crippen LogP contribution in [0.15, 0.2) is 36.4 Å². The van der Waals surface area contributed by atoms with E-state index in [9.17, 15) is 9.18 Å². The van der Waals surface area contributed by atoms with Crippen molar-refractivity contribution in [3.63, 3.8) is 0 Å². The van der Waals surface area contributed by atoms with Crippen LogP contribution in [0.2, 0.25) is 0 Å². The number of halogens is 1. The number of carbonyl (C=O) groups is 1. The Morgan fingerprint density at radius 3 is 2.34 bits per heavy atom. The van der Waals surface area contributed by atoms with Crippen molar-refractivity contribution >= 4 is 22.9 Å². The third-order valence-corrected chi connectivity index (χ3v) is 7.19. The second-order valence-electron chi connectivity index (χ2n) is 9.40. The molecule has 2 aliphatic rings. The molecule has 1 saturated carbocycles. The van der Waals surface area contributed by atoms with Crippen LogP contribution < -0.4 is 10.2 Å². The Morgan fingerprint density at radius 1 is 1.00 bits per heavy atom. The monoisotopic (exact) mass is 434 g/mol. The summed E-state index contributed by atoms with van der Waals surface area (Å²) >= 11 is 0. The van der Waals surface area contributed by atoms with Gasteiger partial charge in [-0.05, 0) is 87.1 Å². The SMILES string of the molecule is Cc1cc2nc(N3CCC(C(=O)NC4CCCC4)CC3)n(-c3ccc(F)cc3)c2cc1C. The van der Waals surface area contributed by atoms with E-state index in [-0.39, 0.29) is 17.6 Å². The summed E-state index contributed by atoms with van der Waals surface area (Å²) in [5.41, 5.74) is 5.27. The zero-order valence-electron chi connectivity index (χ0n) is 18.9. The molecule has 0 radical (unpaired) electrons. The van der Waals surface area contributed by atoms with Crippen molar-refractivity contribution in [3.05, 3.63) is 53.3 Å². The summed E-state index contributed by atoms with van der Waals surface area (Å²) < 4.78 is 15.7. The number of nitrogens with zero attached hydrogens (tertiary/aromatic N) is 3. The zero-order chi connectivity index (χ0) is 22.2. The van der Waals surface area contributed by atoms with Crippen LogP contribution in [-0.2, 0) is 4.79 Å². The van der Waals surface area contributed by atoms with Crippen molar-refractivity contribution < 1.29 is 9.18 Å². The van der Waals surface area contributed by atoms with Crippen molar-refractivity contribution in [2.75, 3.05) is 18.0 Å². The number of amides is 1. The van der Waals surface area contributed by atoms with Gasteiger partial charge in [0.2, 0.25) is 11.9 Å². The summed E-state index contributed by atoms with van der Waals surface area (Å²) in [6.07, 6.45) is 6.33. The number of nitrogens with one attached hydrogen (secondary N) is 1. The molecule has 2 aromatic carbocycles. The minimum atomic E-state index is -0.249. The van der Waals surface area contributed by atoms with E-state index in [1.165, 1.54) is 36.1 Å². The van der Waals surface area contributed by atoms with Crippen LogP contribution in [0.1, 0.15) is 49.7 Å². The van der Waals surface area contributed by atoms with E-state index in [2.05, 4.69) is 40.8 Å². The summed E-state index contributed by atoms with van der Waals surface area (Å²) in [7, 11) is 0. The lowest BCUT2D eigenvalue weighted by molar-refractivity contribution is -0.126. The van der Waals surface area contributed by atoms with Gasteiger partial charge in [0.05, 0.1) is 11.0 Å². The van der Waals surface area contributed by atoms with Gasteiger partial charge in [-0.1, -0.05) is 12.8 Å². The predicted octanol–water partition coefficient (Wildman–Crippen LogP) is 5.06. The van der Waals surface area contributed by atoms with Gasteiger partial charge in [0.1, 0.15) is 5.82 Å². The molecule has 1 aromatic heterocycles. The molecule has 3 aromatic rings. The number of rotatable bonds is 4. The van der Waals surface area contributed by atoms with E-state index in [1.54, 1.807) is 12.1 Å². The third kappa shape index (κ3) is 3.98. The van der Waals surface area contributed by atoms with Gasteiger partial charge < -0.3 is 10.2 Å². The van der Waals surface area contributed by atoms with Crippen molar-refractivity contribution in [1.29, 1.82) is 0 Å². The van der Waals surface area contributed by atoms with Crippen LogP contribution in [0.25, 0.3) is 16.7 Å². The van der Waals surface area contributed by atoms with Crippen molar-refractivity contribution in [2.45, 2.75) is 58.4 Å². The number of benzene rings is 2. The van der Waals surface area contributed by atoms with Gasteiger partial charge in [0.25, 0.3) is 0 Å². The Kier molecular flexibility index (Phi) is 5.62. The first-order valence-electron chi connectivity index (χ1n) is 11.8. The normalized spacial score (nSPS) is 17.9. The number of hydrogen-bond acceptors (Lipinski definition) is 3. The molecule has 5 rings (SSSR count). The second-order valence-corrected chi connectivity index (χ2v) is 9.40. The lowest BCUT2D eigenvalue weighted by Gasteiger charge is -2.33. The lowest BCUT2D eigenvalue weighted by atomic mass is 9.95. The van der Waals surface area contributed by atoms with Gasteiger partial charge in [0, 0.05) is 30.7 Å². The van der Waals surface area contributed by atoms with Gasteiger partial charge >= 0.3 is 0 Å². The van der Waals surface area contributed by atoms with E-state index in [1.807, 2.05) is 0 Å². The molecule has 0 atom stereocenters. The van der Waals surface area contributed by atoms with Crippen LogP contribution in [0.4, 0.5) is 10.3 Å². The van der Waals surface area contributed by atoms with Gasteiger partial charge in [-0.15, -0.1) is 0 Å². The molecule has 0 bridgehead atoms. The molecule has 2 fully saturated rings. The molecule has 0 spiro atoms. The maximum Gasteiger partial charge on any atom is 0.223 e. The number of aromatic nitrogens is 2. The average molecular weight is 435 g/mol. The number of carbonyl (C=O) groups excluding carboxylic acids is 1. The highest BCUT2D eigenvalue weighted by Gasteiger charge is 2.29. The Bertz CT molecular complexity index is 1120.